The highest BCUT2D eigenvalue weighted by Gasteiger charge is 2.28. The van der Waals surface area contributed by atoms with Gasteiger partial charge in [0.15, 0.2) is 0 Å². The van der Waals surface area contributed by atoms with Gasteiger partial charge in [0.2, 0.25) is 0 Å². The molecule has 0 aliphatic carbocycles. The normalized spacial score (nSPS) is 26.1. The molecule has 0 radical (unpaired) electrons. The van der Waals surface area contributed by atoms with E-state index in [0.717, 1.165) is 18.0 Å². The summed E-state index contributed by atoms with van der Waals surface area (Å²) in [7, 11) is 1.62. The van der Waals surface area contributed by atoms with Crippen molar-refractivity contribution in [2.45, 2.75) is 45.7 Å². The van der Waals surface area contributed by atoms with Crippen LogP contribution in [-0.2, 0) is 0 Å². The molecule has 3 heteroatoms. The van der Waals surface area contributed by atoms with E-state index in [1.807, 2.05) is 12.1 Å². The molecule has 0 bridgehead atoms. The number of ether oxygens (including phenoxy) is 1. The number of benzene rings is 1. The molecule has 1 aliphatic rings. The van der Waals surface area contributed by atoms with Crippen molar-refractivity contribution in [3.63, 3.8) is 0 Å². The van der Waals surface area contributed by atoms with Crippen molar-refractivity contribution in [1.29, 1.82) is 0 Å². The smallest absolute Gasteiger partial charge is 0.124 e. The van der Waals surface area contributed by atoms with E-state index >= 15 is 0 Å². The van der Waals surface area contributed by atoms with Crippen molar-refractivity contribution in [2.75, 3.05) is 13.7 Å². The molecule has 2 rings (SSSR count). The lowest BCUT2D eigenvalue weighted by atomic mass is 9.92. The van der Waals surface area contributed by atoms with E-state index in [-0.39, 0.29) is 6.04 Å². The van der Waals surface area contributed by atoms with Crippen molar-refractivity contribution in [2.24, 2.45) is 5.92 Å². The third kappa shape index (κ3) is 3.03. The molecule has 1 aromatic rings. The highest BCUT2D eigenvalue weighted by Crippen LogP contribution is 2.35. The van der Waals surface area contributed by atoms with E-state index < -0.39 is 0 Å². The summed E-state index contributed by atoms with van der Waals surface area (Å²) in [5, 5.41) is 10.2. The molecule has 1 N–H and O–H groups in total. The maximum absolute atomic E-state index is 10.2. The van der Waals surface area contributed by atoms with Crippen LogP contribution in [-0.4, -0.2) is 29.7 Å². The Morgan fingerprint density at radius 2 is 2.05 bits per heavy atom. The number of aromatic hydroxyl groups is 1. The minimum Gasteiger partial charge on any atom is -0.507 e. The summed E-state index contributed by atoms with van der Waals surface area (Å²) in [6.07, 6.45) is 2.54. The Bertz CT molecular complexity index is 433. The second kappa shape index (κ2) is 5.83. The Morgan fingerprint density at radius 3 is 2.68 bits per heavy atom. The van der Waals surface area contributed by atoms with Gasteiger partial charge in [-0.1, -0.05) is 13.0 Å². The lowest BCUT2D eigenvalue weighted by Gasteiger charge is -2.41. The molecule has 3 nitrogen and oxygen atoms in total. The van der Waals surface area contributed by atoms with Crippen LogP contribution in [0.4, 0.5) is 0 Å². The fraction of sp³-hybridized carbons (Fsp3) is 0.625. The first-order chi connectivity index (χ1) is 9.02. The molecule has 1 fully saturated rings. The number of phenols is 1. The highest BCUT2D eigenvalue weighted by atomic mass is 16.5. The average Bonchev–Trinajstić information content (AvgIpc) is 2.40. The Labute approximate surface area is 116 Å². The van der Waals surface area contributed by atoms with Crippen LogP contribution in [0.1, 0.15) is 45.2 Å². The third-order valence-electron chi connectivity index (χ3n) is 4.35. The van der Waals surface area contributed by atoms with Crippen molar-refractivity contribution >= 4 is 0 Å². The molecule has 1 aromatic carbocycles. The van der Waals surface area contributed by atoms with Crippen LogP contribution in [0.2, 0.25) is 0 Å². The third-order valence-corrected chi connectivity index (χ3v) is 4.35. The van der Waals surface area contributed by atoms with Crippen LogP contribution in [0.5, 0.6) is 11.5 Å². The average molecular weight is 263 g/mol. The summed E-state index contributed by atoms with van der Waals surface area (Å²) in [6, 6.07) is 6.41. The molecular weight excluding hydrogens is 238 g/mol. The number of hydrogen-bond acceptors (Lipinski definition) is 3. The first kappa shape index (κ1) is 14.2. The molecule has 0 saturated carbocycles. The summed E-state index contributed by atoms with van der Waals surface area (Å²) in [5.41, 5.74) is 0.988. The van der Waals surface area contributed by atoms with Crippen LogP contribution in [0.3, 0.4) is 0 Å². The summed E-state index contributed by atoms with van der Waals surface area (Å²) >= 11 is 0. The van der Waals surface area contributed by atoms with Gasteiger partial charge in [0, 0.05) is 30.3 Å². The number of rotatable bonds is 3. The maximum atomic E-state index is 10.2. The number of likely N-dealkylation sites (tertiary alicyclic amines) is 1. The molecule has 19 heavy (non-hydrogen) atoms. The molecule has 106 valence electrons. The Balaban J connectivity index is 2.20. The Kier molecular flexibility index (Phi) is 4.35. The number of piperidine rings is 1. The fourth-order valence-corrected chi connectivity index (χ4v) is 3.04. The number of phenolic OH excluding ortho intramolecular Hbond substituents is 1. The Morgan fingerprint density at radius 1 is 1.32 bits per heavy atom. The highest BCUT2D eigenvalue weighted by molar-refractivity contribution is 5.41. The number of hydrogen-bond donors (Lipinski definition) is 1. The van der Waals surface area contributed by atoms with Crippen molar-refractivity contribution in [3.05, 3.63) is 23.8 Å². The van der Waals surface area contributed by atoms with Gasteiger partial charge in [-0.05, 0) is 38.7 Å². The predicted molar refractivity (Wildman–Crippen MR) is 77.6 cm³/mol. The van der Waals surface area contributed by atoms with Gasteiger partial charge in [-0.25, -0.2) is 0 Å². The van der Waals surface area contributed by atoms with Gasteiger partial charge in [0.25, 0.3) is 0 Å². The topological polar surface area (TPSA) is 32.7 Å². The van der Waals surface area contributed by atoms with Crippen LogP contribution >= 0.6 is 0 Å². The van der Waals surface area contributed by atoms with Gasteiger partial charge in [0.1, 0.15) is 11.5 Å². The van der Waals surface area contributed by atoms with Crippen LogP contribution in [0, 0.1) is 5.92 Å². The quantitative estimate of drug-likeness (QED) is 0.904. The second-order valence-corrected chi connectivity index (χ2v) is 5.83. The lowest BCUT2D eigenvalue weighted by molar-refractivity contribution is 0.0833. The number of nitrogens with zero attached hydrogens (tertiary/aromatic N) is 1. The van der Waals surface area contributed by atoms with Crippen molar-refractivity contribution in [3.8, 4) is 11.5 Å². The van der Waals surface area contributed by atoms with Gasteiger partial charge >= 0.3 is 0 Å². The lowest BCUT2D eigenvalue weighted by Crippen LogP contribution is -2.42. The fourth-order valence-electron chi connectivity index (χ4n) is 3.04. The van der Waals surface area contributed by atoms with E-state index in [1.165, 1.54) is 12.8 Å². The number of methoxy groups -OCH3 is 1. The largest absolute Gasteiger partial charge is 0.507 e. The zero-order valence-electron chi connectivity index (χ0n) is 12.4. The second-order valence-electron chi connectivity index (χ2n) is 5.83. The van der Waals surface area contributed by atoms with Crippen LogP contribution in [0.15, 0.2) is 18.2 Å². The minimum atomic E-state index is 0.239. The van der Waals surface area contributed by atoms with E-state index in [1.54, 1.807) is 13.2 Å². The van der Waals surface area contributed by atoms with Gasteiger partial charge in [-0.2, -0.15) is 0 Å². The standard InChI is InChI=1S/C16H25NO2/c1-11-5-6-12(2)17(10-11)13(3)15-8-7-14(19-4)9-16(15)18/h7-9,11-13,18H,5-6,10H2,1-4H3. The van der Waals surface area contributed by atoms with Crippen LogP contribution in [0.25, 0.3) is 0 Å². The summed E-state index contributed by atoms with van der Waals surface area (Å²) in [6.45, 7) is 7.87. The van der Waals surface area contributed by atoms with Gasteiger partial charge in [0.05, 0.1) is 7.11 Å². The van der Waals surface area contributed by atoms with Crippen molar-refractivity contribution < 1.29 is 9.84 Å². The van der Waals surface area contributed by atoms with E-state index in [4.69, 9.17) is 4.74 Å². The molecule has 0 amide bonds. The molecule has 1 heterocycles. The zero-order valence-corrected chi connectivity index (χ0v) is 12.4. The van der Waals surface area contributed by atoms with Crippen LogP contribution < -0.4 is 4.74 Å². The summed E-state index contributed by atoms with van der Waals surface area (Å²) < 4.78 is 5.14. The first-order valence-electron chi connectivity index (χ1n) is 7.15. The van der Waals surface area contributed by atoms with Gasteiger partial charge in [-0.15, -0.1) is 0 Å². The molecule has 1 aliphatic heterocycles. The van der Waals surface area contributed by atoms with Gasteiger partial charge < -0.3 is 9.84 Å². The Hall–Kier alpha value is -1.22. The zero-order chi connectivity index (χ0) is 14.0. The SMILES string of the molecule is COc1ccc(C(C)N2CC(C)CCC2C)c(O)c1. The molecule has 3 atom stereocenters. The van der Waals surface area contributed by atoms with E-state index in [9.17, 15) is 5.11 Å². The molecule has 0 aromatic heterocycles. The molecule has 3 unspecified atom stereocenters. The first-order valence-corrected chi connectivity index (χ1v) is 7.15. The van der Waals surface area contributed by atoms with Gasteiger partial charge in [-0.3, -0.25) is 4.90 Å². The summed E-state index contributed by atoms with van der Waals surface area (Å²) in [5.74, 6) is 1.77. The monoisotopic (exact) mass is 263 g/mol. The molecule has 0 spiro atoms. The minimum absolute atomic E-state index is 0.239. The predicted octanol–water partition coefficient (Wildman–Crippen LogP) is 3.58. The van der Waals surface area contributed by atoms with E-state index in [0.29, 0.717) is 17.5 Å². The van der Waals surface area contributed by atoms with Crippen molar-refractivity contribution in [1.82, 2.24) is 4.90 Å². The molecule has 1 saturated heterocycles. The molecular formula is C16H25NO2. The maximum Gasteiger partial charge on any atom is 0.124 e. The summed E-state index contributed by atoms with van der Waals surface area (Å²) in [4.78, 5) is 2.50. The van der Waals surface area contributed by atoms with E-state index in [2.05, 4.69) is 25.7 Å².